The third-order valence-electron chi connectivity index (χ3n) is 2.00. The van der Waals surface area contributed by atoms with Crippen LogP contribution in [0.2, 0.25) is 0 Å². The number of rotatable bonds is 7. The van der Waals surface area contributed by atoms with E-state index < -0.39 is 0 Å². The SMILES string of the molecule is CSc1nnc(SCCC(C)CCBr)s1. The molecule has 0 spiro atoms. The summed E-state index contributed by atoms with van der Waals surface area (Å²) in [5.41, 5.74) is 0. The molecule has 0 saturated carbocycles. The van der Waals surface area contributed by atoms with E-state index in [4.69, 9.17) is 0 Å². The third kappa shape index (κ3) is 5.56. The summed E-state index contributed by atoms with van der Waals surface area (Å²) in [5.74, 6) is 1.95. The Labute approximate surface area is 112 Å². The lowest BCUT2D eigenvalue weighted by molar-refractivity contribution is 0.555. The largest absolute Gasteiger partial charge is 0.175 e. The number of hydrogen-bond acceptors (Lipinski definition) is 5. The number of aromatic nitrogens is 2. The Morgan fingerprint density at radius 2 is 2.07 bits per heavy atom. The van der Waals surface area contributed by atoms with E-state index >= 15 is 0 Å². The van der Waals surface area contributed by atoms with Crippen molar-refractivity contribution in [3.05, 3.63) is 0 Å². The fourth-order valence-electron chi connectivity index (χ4n) is 1.02. The highest BCUT2D eigenvalue weighted by Gasteiger charge is 2.05. The first-order chi connectivity index (χ1) is 7.26. The van der Waals surface area contributed by atoms with E-state index in [1.165, 1.54) is 12.8 Å². The zero-order valence-electron chi connectivity index (χ0n) is 8.90. The normalized spacial score (nSPS) is 13.0. The van der Waals surface area contributed by atoms with Crippen molar-refractivity contribution in [1.82, 2.24) is 10.2 Å². The average Bonchev–Trinajstić information content (AvgIpc) is 2.66. The molecule has 15 heavy (non-hydrogen) atoms. The predicted octanol–water partition coefficient (Wildman–Crippen LogP) is 4.16. The van der Waals surface area contributed by atoms with Crippen LogP contribution in [0.25, 0.3) is 0 Å². The quantitative estimate of drug-likeness (QED) is 0.555. The van der Waals surface area contributed by atoms with E-state index in [1.807, 2.05) is 18.0 Å². The van der Waals surface area contributed by atoms with Gasteiger partial charge in [0.2, 0.25) is 0 Å². The average molecular weight is 327 g/mol. The summed E-state index contributed by atoms with van der Waals surface area (Å²) in [6.45, 7) is 2.30. The Morgan fingerprint density at radius 3 is 2.67 bits per heavy atom. The minimum absolute atomic E-state index is 0.796. The zero-order valence-corrected chi connectivity index (χ0v) is 12.9. The van der Waals surface area contributed by atoms with Crippen molar-refractivity contribution in [3.8, 4) is 0 Å². The molecule has 0 aromatic carbocycles. The van der Waals surface area contributed by atoms with Crippen molar-refractivity contribution in [1.29, 1.82) is 0 Å². The molecule has 0 saturated heterocycles. The van der Waals surface area contributed by atoms with E-state index in [1.54, 1.807) is 23.1 Å². The molecule has 1 unspecified atom stereocenters. The Balaban J connectivity index is 2.19. The molecule has 1 aromatic heterocycles. The van der Waals surface area contributed by atoms with Crippen LogP contribution in [0.4, 0.5) is 0 Å². The van der Waals surface area contributed by atoms with Gasteiger partial charge < -0.3 is 0 Å². The topological polar surface area (TPSA) is 25.8 Å². The van der Waals surface area contributed by atoms with Crippen molar-refractivity contribution in [2.24, 2.45) is 5.92 Å². The van der Waals surface area contributed by atoms with E-state index in [0.29, 0.717) is 0 Å². The molecule has 1 atom stereocenters. The van der Waals surface area contributed by atoms with Gasteiger partial charge in [0, 0.05) is 11.1 Å². The Hall–Kier alpha value is 0.740. The molecule has 0 amide bonds. The predicted molar refractivity (Wildman–Crippen MR) is 74.6 cm³/mol. The molecule has 0 aliphatic rings. The van der Waals surface area contributed by atoms with Gasteiger partial charge in [0.1, 0.15) is 0 Å². The molecule has 0 N–H and O–H groups in total. The minimum atomic E-state index is 0.796. The lowest BCUT2D eigenvalue weighted by Gasteiger charge is -2.06. The maximum absolute atomic E-state index is 4.13. The van der Waals surface area contributed by atoms with Crippen LogP contribution in [0.5, 0.6) is 0 Å². The van der Waals surface area contributed by atoms with Crippen LogP contribution in [0.3, 0.4) is 0 Å². The maximum Gasteiger partial charge on any atom is 0.175 e. The molecule has 0 fully saturated rings. The van der Waals surface area contributed by atoms with E-state index in [0.717, 1.165) is 25.7 Å². The second kappa shape index (κ2) is 7.92. The molecule has 0 bridgehead atoms. The monoisotopic (exact) mass is 326 g/mol. The molecular formula is C9H15BrN2S3. The van der Waals surface area contributed by atoms with E-state index in [-0.39, 0.29) is 0 Å². The Kier molecular flexibility index (Phi) is 7.29. The standard InChI is InChI=1S/C9H15BrN2S3/c1-7(3-5-10)4-6-14-9-12-11-8(13-2)15-9/h7H,3-6H2,1-2H3. The molecule has 2 nitrogen and oxygen atoms in total. The lowest BCUT2D eigenvalue weighted by atomic mass is 10.1. The maximum atomic E-state index is 4.13. The van der Waals surface area contributed by atoms with Gasteiger partial charge in [-0.25, -0.2) is 0 Å². The smallest absolute Gasteiger partial charge is 0.131 e. The van der Waals surface area contributed by atoms with Crippen molar-refractivity contribution < 1.29 is 0 Å². The van der Waals surface area contributed by atoms with Gasteiger partial charge in [-0.05, 0) is 25.0 Å². The highest BCUT2D eigenvalue weighted by atomic mass is 79.9. The van der Waals surface area contributed by atoms with Crippen molar-refractivity contribution in [2.75, 3.05) is 17.3 Å². The van der Waals surface area contributed by atoms with Gasteiger partial charge >= 0.3 is 0 Å². The molecule has 0 aliphatic carbocycles. The summed E-state index contributed by atoms with van der Waals surface area (Å²) in [4.78, 5) is 0. The summed E-state index contributed by atoms with van der Waals surface area (Å²) in [7, 11) is 0. The molecule has 0 radical (unpaired) electrons. The first kappa shape index (κ1) is 13.8. The van der Waals surface area contributed by atoms with Gasteiger partial charge in [-0.2, -0.15) is 0 Å². The van der Waals surface area contributed by atoms with Gasteiger partial charge in [0.15, 0.2) is 8.68 Å². The van der Waals surface area contributed by atoms with Crippen LogP contribution in [0, 0.1) is 5.92 Å². The third-order valence-corrected chi connectivity index (χ3v) is 5.52. The molecule has 1 heterocycles. The summed E-state index contributed by atoms with van der Waals surface area (Å²) >= 11 is 8.65. The van der Waals surface area contributed by atoms with Gasteiger partial charge in [-0.1, -0.05) is 57.7 Å². The summed E-state index contributed by atoms with van der Waals surface area (Å²) in [6, 6.07) is 0. The molecular weight excluding hydrogens is 312 g/mol. The molecule has 0 aliphatic heterocycles. The first-order valence-electron chi connectivity index (χ1n) is 4.82. The molecule has 6 heteroatoms. The van der Waals surface area contributed by atoms with E-state index in [2.05, 4.69) is 33.1 Å². The van der Waals surface area contributed by atoms with Crippen LogP contribution >= 0.6 is 50.8 Å². The highest BCUT2D eigenvalue weighted by Crippen LogP contribution is 2.28. The van der Waals surface area contributed by atoms with Crippen molar-refractivity contribution in [3.63, 3.8) is 0 Å². The van der Waals surface area contributed by atoms with Crippen LogP contribution in [-0.2, 0) is 0 Å². The highest BCUT2D eigenvalue weighted by molar-refractivity contribution is 9.09. The summed E-state index contributed by atoms with van der Waals surface area (Å²) in [6.07, 6.45) is 4.55. The van der Waals surface area contributed by atoms with Crippen LogP contribution in [0.15, 0.2) is 8.68 Å². The van der Waals surface area contributed by atoms with Gasteiger partial charge in [0.05, 0.1) is 0 Å². The van der Waals surface area contributed by atoms with E-state index in [9.17, 15) is 0 Å². The van der Waals surface area contributed by atoms with Crippen LogP contribution < -0.4 is 0 Å². The lowest BCUT2D eigenvalue weighted by Crippen LogP contribution is -1.96. The number of nitrogens with zero attached hydrogens (tertiary/aromatic N) is 2. The summed E-state index contributed by atoms with van der Waals surface area (Å²) < 4.78 is 2.16. The number of thioether (sulfide) groups is 2. The fourth-order valence-corrected chi connectivity index (χ4v) is 4.48. The number of alkyl halides is 1. The molecule has 1 rings (SSSR count). The minimum Gasteiger partial charge on any atom is -0.131 e. The zero-order chi connectivity index (χ0) is 11.1. The molecule has 86 valence electrons. The second-order valence-electron chi connectivity index (χ2n) is 3.26. The van der Waals surface area contributed by atoms with Crippen LogP contribution in [0.1, 0.15) is 19.8 Å². The Bertz CT molecular complexity index is 280. The second-order valence-corrected chi connectivity index (χ2v) is 7.42. The van der Waals surface area contributed by atoms with Gasteiger partial charge in [0.25, 0.3) is 0 Å². The first-order valence-corrected chi connectivity index (χ1v) is 8.97. The Morgan fingerprint density at radius 1 is 1.33 bits per heavy atom. The number of halogens is 1. The summed E-state index contributed by atoms with van der Waals surface area (Å²) in [5, 5.41) is 9.31. The fraction of sp³-hybridized carbons (Fsp3) is 0.778. The van der Waals surface area contributed by atoms with Crippen molar-refractivity contribution >= 4 is 50.8 Å². The molecule has 1 aromatic rings. The van der Waals surface area contributed by atoms with Crippen molar-refractivity contribution in [2.45, 2.75) is 28.4 Å². The number of hydrogen-bond donors (Lipinski definition) is 0. The van der Waals surface area contributed by atoms with Gasteiger partial charge in [-0.15, -0.1) is 10.2 Å². The van der Waals surface area contributed by atoms with Crippen LogP contribution in [-0.4, -0.2) is 27.5 Å². The van der Waals surface area contributed by atoms with Gasteiger partial charge in [-0.3, -0.25) is 0 Å².